The molecule has 3 rings (SSSR count). The number of hydrogen-bond acceptors (Lipinski definition) is 5. The molecule has 1 fully saturated rings. The molecule has 0 bridgehead atoms. The Morgan fingerprint density at radius 2 is 1.88 bits per heavy atom. The maximum atomic E-state index is 12.6. The second kappa shape index (κ2) is 6.88. The van der Waals surface area contributed by atoms with E-state index in [9.17, 15) is 20.0 Å². The van der Waals surface area contributed by atoms with Crippen molar-refractivity contribution in [2.24, 2.45) is 0 Å². The number of benzene rings is 2. The molecule has 136 valence electrons. The maximum absolute atomic E-state index is 12.6. The summed E-state index contributed by atoms with van der Waals surface area (Å²) in [7, 11) is 0. The number of nitro benzene ring substituents is 1. The van der Waals surface area contributed by atoms with Gasteiger partial charge in [-0.15, -0.1) is 0 Å². The zero-order valence-electron chi connectivity index (χ0n) is 14.9. The van der Waals surface area contributed by atoms with Gasteiger partial charge in [-0.1, -0.05) is 30.3 Å². The standard InChI is InChI=1S/C20H22N2O4/c1-20(2,24)18-9-6-12-21(18)16-11-10-15(13-17(16)22(25)26)19(23)14-7-4-3-5-8-14/h3-5,7-8,10-11,13,18,24H,6,9,12H2,1-2H3/t18-/m0/s1. The normalized spacial score (nSPS) is 17.3. The first-order valence-corrected chi connectivity index (χ1v) is 8.66. The van der Waals surface area contributed by atoms with Crippen LogP contribution in [0.5, 0.6) is 0 Å². The molecule has 1 N–H and O–H groups in total. The Morgan fingerprint density at radius 1 is 1.19 bits per heavy atom. The number of nitrogens with zero attached hydrogens (tertiary/aromatic N) is 2. The molecule has 1 heterocycles. The number of hydrogen-bond donors (Lipinski definition) is 1. The van der Waals surface area contributed by atoms with E-state index in [4.69, 9.17) is 0 Å². The molecule has 0 radical (unpaired) electrons. The average Bonchev–Trinajstić information content (AvgIpc) is 3.11. The molecule has 0 amide bonds. The van der Waals surface area contributed by atoms with Gasteiger partial charge in [-0.3, -0.25) is 14.9 Å². The van der Waals surface area contributed by atoms with Crippen molar-refractivity contribution in [3.63, 3.8) is 0 Å². The lowest BCUT2D eigenvalue weighted by atomic mass is 9.95. The van der Waals surface area contributed by atoms with Gasteiger partial charge in [-0.25, -0.2) is 0 Å². The minimum absolute atomic E-state index is 0.108. The number of carbonyl (C=O) groups excluding carboxylic acids is 1. The van der Waals surface area contributed by atoms with Gasteiger partial charge in [-0.2, -0.15) is 0 Å². The first-order valence-electron chi connectivity index (χ1n) is 8.66. The number of nitro groups is 1. The van der Waals surface area contributed by atoms with Crippen molar-refractivity contribution in [3.05, 3.63) is 69.8 Å². The Kier molecular flexibility index (Phi) is 4.78. The van der Waals surface area contributed by atoms with Crippen LogP contribution in [0, 0.1) is 10.1 Å². The summed E-state index contributed by atoms with van der Waals surface area (Å²) in [5.74, 6) is -0.249. The lowest BCUT2D eigenvalue weighted by molar-refractivity contribution is -0.384. The number of anilines is 1. The monoisotopic (exact) mass is 354 g/mol. The van der Waals surface area contributed by atoms with Crippen LogP contribution in [0.1, 0.15) is 42.6 Å². The maximum Gasteiger partial charge on any atom is 0.293 e. The van der Waals surface area contributed by atoms with E-state index in [1.807, 2.05) is 11.0 Å². The fourth-order valence-corrected chi connectivity index (χ4v) is 3.60. The molecule has 1 saturated heterocycles. The Bertz CT molecular complexity index is 827. The van der Waals surface area contributed by atoms with Gasteiger partial charge in [0, 0.05) is 23.7 Å². The highest BCUT2D eigenvalue weighted by molar-refractivity contribution is 6.09. The van der Waals surface area contributed by atoms with Crippen molar-refractivity contribution in [3.8, 4) is 0 Å². The van der Waals surface area contributed by atoms with E-state index in [1.165, 1.54) is 6.07 Å². The highest BCUT2D eigenvalue weighted by atomic mass is 16.6. The molecule has 6 heteroatoms. The summed E-state index contributed by atoms with van der Waals surface area (Å²) in [5, 5.41) is 22.1. The number of aliphatic hydroxyl groups is 1. The van der Waals surface area contributed by atoms with Crippen LogP contribution in [0.4, 0.5) is 11.4 Å². The quantitative estimate of drug-likeness (QED) is 0.504. The minimum atomic E-state index is -0.969. The van der Waals surface area contributed by atoms with Crippen LogP contribution in [0.25, 0.3) is 0 Å². The number of ketones is 1. The molecule has 1 atom stereocenters. The highest BCUT2D eigenvalue weighted by Gasteiger charge is 2.38. The van der Waals surface area contributed by atoms with E-state index in [0.717, 1.165) is 12.8 Å². The molecular weight excluding hydrogens is 332 g/mol. The van der Waals surface area contributed by atoms with Crippen LogP contribution in [0.15, 0.2) is 48.5 Å². The van der Waals surface area contributed by atoms with Crippen molar-refractivity contribution >= 4 is 17.2 Å². The van der Waals surface area contributed by atoms with Gasteiger partial charge in [-0.05, 0) is 38.8 Å². The molecular formula is C20H22N2O4. The van der Waals surface area contributed by atoms with E-state index in [-0.39, 0.29) is 23.1 Å². The van der Waals surface area contributed by atoms with E-state index in [0.29, 0.717) is 17.8 Å². The molecule has 0 aromatic heterocycles. The SMILES string of the molecule is CC(C)(O)[C@@H]1CCCN1c1ccc(C(=O)c2ccccc2)cc1[N+](=O)[O-]. The van der Waals surface area contributed by atoms with Crippen molar-refractivity contribution in [1.82, 2.24) is 0 Å². The van der Waals surface area contributed by atoms with Crippen LogP contribution in [-0.4, -0.2) is 34.0 Å². The summed E-state index contributed by atoms with van der Waals surface area (Å²) < 4.78 is 0. The van der Waals surface area contributed by atoms with Gasteiger partial charge >= 0.3 is 0 Å². The third-order valence-corrected chi connectivity index (χ3v) is 4.85. The van der Waals surface area contributed by atoms with Crippen molar-refractivity contribution in [2.75, 3.05) is 11.4 Å². The molecule has 2 aromatic carbocycles. The molecule has 0 spiro atoms. The van der Waals surface area contributed by atoms with Gasteiger partial charge in [0.05, 0.1) is 16.6 Å². The number of rotatable bonds is 5. The molecule has 0 unspecified atom stereocenters. The van der Waals surface area contributed by atoms with Crippen LogP contribution in [-0.2, 0) is 0 Å². The third kappa shape index (κ3) is 3.46. The van der Waals surface area contributed by atoms with Crippen LogP contribution < -0.4 is 4.90 Å². The fourth-order valence-electron chi connectivity index (χ4n) is 3.60. The first-order chi connectivity index (χ1) is 12.3. The molecule has 0 saturated carbocycles. The van der Waals surface area contributed by atoms with E-state index in [2.05, 4.69) is 0 Å². The predicted octanol–water partition coefficient (Wildman–Crippen LogP) is 3.57. The topological polar surface area (TPSA) is 83.7 Å². The summed E-state index contributed by atoms with van der Waals surface area (Å²) in [4.78, 5) is 25.7. The van der Waals surface area contributed by atoms with Crippen molar-refractivity contribution in [1.29, 1.82) is 0 Å². The Balaban J connectivity index is 2.01. The fraction of sp³-hybridized carbons (Fsp3) is 0.350. The van der Waals surface area contributed by atoms with Gasteiger partial charge in [0.15, 0.2) is 5.78 Å². The average molecular weight is 354 g/mol. The van der Waals surface area contributed by atoms with Crippen LogP contribution in [0.3, 0.4) is 0 Å². The number of carbonyl (C=O) groups is 1. The largest absolute Gasteiger partial charge is 0.388 e. The smallest absolute Gasteiger partial charge is 0.293 e. The van der Waals surface area contributed by atoms with Crippen molar-refractivity contribution in [2.45, 2.75) is 38.3 Å². The first kappa shape index (κ1) is 18.1. The summed E-state index contributed by atoms with van der Waals surface area (Å²) in [6.07, 6.45) is 1.63. The summed E-state index contributed by atoms with van der Waals surface area (Å²) in [6.45, 7) is 4.08. The lowest BCUT2D eigenvalue weighted by Crippen LogP contribution is -2.46. The van der Waals surface area contributed by atoms with Gasteiger partial charge in [0.25, 0.3) is 5.69 Å². The van der Waals surface area contributed by atoms with Crippen molar-refractivity contribution < 1.29 is 14.8 Å². The second-order valence-corrected chi connectivity index (χ2v) is 7.16. The van der Waals surface area contributed by atoms with Gasteiger partial charge < -0.3 is 10.0 Å². The van der Waals surface area contributed by atoms with Gasteiger partial charge in [0.2, 0.25) is 0 Å². The minimum Gasteiger partial charge on any atom is -0.388 e. The van der Waals surface area contributed by atoms with Gasteiger partial charge in [0.1, 0.15) is 5.69 Å². The Labute approximate surface area is 152 Å². The summed E-state index contributed by atoms with van der Waals surface area (Å²) in [5.41, 5.74) is 0.144. The Morgan fingerprint density at radius 3 is 2.50 bits per heavy atom. The van der Waals surface area contributed by atoms with E-state index in [1.54, 1.807) is 50.2 Å². The molecule has 1 aliphatic heterocycles. The summed E-state index contributed by atoms with van der Waals surface area (Å²) >= 11 is 0. The van der Waals surface area contributed by atoms with Crippen LogP contribution >= 0.6 is 0 Å². The molecule has 26 heavy (non-hydrogen) atoms. The predicted molar refractivity (Wildman–Crippen MR) is 99.6 cm³/mol. The van der Waals surface area contributed by atoms with E-state index < -0.39 is 10.5 Å². The summed E-state index contributed by atoms with van der Waals surface area (Å²) in [6, 6.07) is 13.1. The molecule has 6 nitrogen and oxygen atoms in total. The van der Waals surface area contributed by atoms with Crippen LogP contribution in [0.2, 0.25) is 0 Å². The third-order valence-electron chi connectivity index (χ3n) is 4.85. The highest BCUT2D eigenvalue weighted by Crippen LogP contribution is 2.37. The zero-order chi connectivity index (χ0) is 18.9. The molecule has 1 aliphatic rings. The Hall–Kier alpha value is -2.73. The zero-order valence-corrected chi connectivity index (χ0v) is 14.9. The van der Waals surface area contributed by atoms with E-state index >= 15 is 0 Å². The lowest BCUT2D eigenvalue weighted by Gasteiger charge is -2.35. The molecule has 2 aromatic rings. The second-order valence-electron chi connectivity index (χ2n) is 7.16. The molecule has 0 aliphatic carbocycles.